The van der Waals surface area contributed by atoms with Gasteiger partial charge in [-0.2, -0.15) is 0 Å². The monoisotopic (exact) mass is 398 g/mol. The van der Waals surface area contributed by atoms with E-state index in [4.69, 9.17) is 0 Å². The Bertz CT molecular complexity index is 753. The molecule has 110 valence electrons. The van der Waals surface area contributed by atoms with Crippen LogP contribution in [0.2, 0.25) is 0 Å². The molecule has 3 rings (SSSR count). The zero-order chi connectivity index (χ0) is 15.5. The molecule has 3 aromatic carbocycles. The first-order chi connectivity index (χ1) is 10.6. The van der Waals surface area contributed by atoms with E-state index >= 15 is 0 Å². The van der Waals surface area contributed by atoms with Crippen molar-refractivity contribution in [3.05, 3.63) is 81.9 Å². The molecule has 0 N–H and O–H groups in total. The van der Waals surface area contributed by atoms with Crippen LogP contribution in [0.5, 0.6) is 0 Å². The molecule has 0 fully saturated rings. The lowest BCUT2D eigenvalue weighted by atomic mass is 9.92. The first kappa shape index (κ1) is 15.3. The van der Waals surface area contributed by atoms with Crippen LogP contribution in [0.3, 0.4) is 0 Å². The van der Waals surface area contributed by atoms with Crippen molar-refractivity contribution in [3.8, 4) is 22.3 Å². The van der Waals surface area contributed by atoms with Crippen LogP contribution < -0.4 is 0 Å². The third-order valence-electron chi connectivity index (χ3n) is 3.96. The molecule has 0 atom stereocenters. The van der Waals surface area contributed by atoms with Crippen LogP contribution in [0.25, 0.3) is 22.3 Å². The second-order valence-corrected chi connectivity index (χ2v) is 7.07. The molecule has 0 heterocycles. The van der Waals surface area contributed by atoms with Crippen LogP contribution in [0.4, 0.5) is 0 Å². The van der Waals surface area contributed by atoms with E-state index in [0.29, 0.717) is 5.92 Å². The number of halogens is 1. The number of hydrogen-bond donors (Lipinski definition) is 0. The summed E-state index contributed by atoms with van der Waals surface area (Å²) in [6.45, 7) is 4.50. The van der Waals surface area contributed by atoms with Crippen LogP contribution in [0, 0.1) is 3.57 Å². The van der Waals surface area contributed by atoms with Crippen LogP contribution in [0.15, 0.2) is 72.8 Å². The Morgan fingerprint density at radius 3 is 1.73 bits per heavy atom. The van der Waals surface area contributed by atoms with Crippen molar-refractivity contribution in [2.75, 3.05) is 0 Å². The van der Waals surface area contributed by atoms with E-state index in [0.717, 1.165) is 0 Å². The van der Waals surface area contributed by atoms with Crippen molar-refractivity contribution >= 4 is 22.6 Å². The van der Waals surface area contributed by atoms with Gasteiger partial charge in [-0.3, -0.25) is 0 Å². The number of rotatable bonds is 3. The summed E-state index contributed by atoms with van der Waals surface area (Å²) >= 11 is 2.34. The summed E-state index contributed by atoms with van der Waals surface area (Å²) in [6, 6.07) is 26.2. The highest BCUT2D eigenvalue weighted by molar-refractivity contribution is 14.1. The SMILES string of the molecule is CC(C)c1ccccc1-c1ccc(-c2ccc(I)cc2)cc1. The molecule has 0 saturated heterocycles. The maximum Gasteiger partial charge on any atom is 0.0130 e. The molecule has 0 aliphatic heterocycles. The Hall–Kier alpha value is -1.61. The van der Waals surface area contributed by atoms with Gasteiger partial charge in [0.1, 0.15) is 0 Å². The van der Waals surface area contributed by atoms with Gasteiger partial charge in [0.2, 0.25) is 0 Å². The molecule has 0 nitrogen and oxygen atoms in total. The summed E-state index contributed by atoms with van der Waals surface area (Å²) in [4.78, 5) is 0. The summed E-state index contributed by atoms with van der Waals surface area (Å²) in [5, 5.41) is 0. The van der Waals surface area contributed by atoms with Gasteiger partial charge in [-0.25, -0.2) is 0 Å². The van der Waals surface area contributed by atoms with Crippen molar-refractivity contribution < 1.29 is 0 Å². The Morgan fingerprint density at radius 2 is 1.14 bits per heavy atom. The molecule has 0 aliphatic rings. The van der Waals surface area contributed by atoms with Gasteiger partial charge in [0.15, 0.2) is 0 Å². The fraction of sp³-hybridized carbons (Fsp3) is 0.143. The zero-order valence-electron chi connectivity index (χ0n) is 12.9. The molecule has 0 amide bonds. The molecule has 0 bridgehead atoms. The highest BCUT2D eigenvalue weighted by atomic mass is 127. The average molecular weight is 398 g/mol. The molecular weight excluding hydrogens is 379 g/mol. The van der Waals surface area contributed by atoms with E-state index in [1.807, 2.05) is 0 Å². The summed E-state index contributed by atoms with van der Waals surface area (Å²) in [5.41, 5.74) is 6.57. The minimum atomic E-state index is 0.534. The lowest BCUT2D eigenvalue weighted by Crippen LogP contribution is -1.91. The summed E-state index contributed by atoms with van der Waals surface area (Å²) in [6.07, 6.45) is 0. The van der Waals surface area contributed by atoms with Gasteiger partial charge < -0.3 is 0 Å². The second-order valence-electron chi connectivity index (χ2n) is 5.83. The van der Waals surface area contributed by atoms with Crippen molar-refractivity contribution in [1.82, 2.24) is 0 Å². The van der Waals surface area contributed by atoms with Crippen molar-refractivity contribution in [1.29, 1.82) is 0 Å². The van der Waals surface area contributed by atoms with Gasteiger partial charge in [-0.1, -0.05) is 74.5 Å². The quantitative estimate of drug-likeness (QED) is 0.428. The van der Waals surface area contributed by atoms with Gasteiger partial charge in [-0.15, -0.1) is 0 Å². The summed E-state index contributed by atoms with van der Waals surface area (Å²) < 4.78 is 1.27. The third kappa shape index (κ3) is 3.25. The molecule has 3 aromatic rings. The summed E-state index contributed by atoms with van der Waals surface area (Å²) in [7, 11) is 0. The van der Waals surface area contributed by atoms with Crippen molar-refractivity contribution in [3.63, 3.8) is 0 Å². The predicted molar refractivity (Wildman–Crippen MR) is 104 cm³/mol. The molecule has 0 saturated carbocycles. The van der Waals surface area contributed by atoms with E-state index in [1.165, 1.54) is 31.4 Å². The number of benzene rings is 3. The third-order valence-corrected chi connectivity index (χ3v) is 4.68. The van der Waals surface area contributed by atoms with E-state index < -0.39 is 0 Å². The van der Waals surface area contributed by atoms with Crippen molar-refractivity contribution in [2.45, 2.75) is 19.8 Å². The van der Waals surface area contributed by atoms with Gasteiger partial charge in [0, 0.05) is 3.57 Å². The van der Waals surface area contributed by atoms with E-state index in [2.05, 4.69) is 109 Å². The minimum Gasteiger partial charge on any atom is -0.0619 e. The fourth-order valence-corrected chi connectivity index (χ4v) is 3.11. The van der Waals surface area contributed by atoms with E-state index in [1.54, 1.807) is 0 Å². The van der Waals surface area contributed by atoms with E-state index in [9.17, 15) is 0 Å². The van der Waals surface area contributed by atoms with Gasteiger partial charge in [0.05, 0.1) is 0 Å². The first-order valence-corrected chi connectivity index (χ1v) is 8.68. The van der Waals surface area contributed by atoms with Gasteiger partial charge in [-0.05, 0) is 68.5 Å². The summed E-state index contributed by atoms with van der Waals surface area (Å²) in [5.74, 6) is 0.534. The molecule has 0 aliphatic carbocycles. The van der Waals surface area contributed by atoms with Crippen LogP contribution in [-0.4, -0.2) is 0 Å². The molecule has 1 heteroatoms. The molecular formula is C21H19I. The maximum absolute atomic E-state index is 2.34. The zero-order valence-corrected chi connectivity index (χ0v) is 15.0. The maximum atomic E-state index is 2.34. The Morgan fingerprint density at radius 1 is 0.636 bits per heavy atom. The average Bonchev–Trinajstić information content (AvgIpc) is 2.56. The molecule has 0 radical (unpaired) electrons. The van der Waals surface area contributed by atoms with E-state index in [-0.39, 0.29) is 0 Å². The Balaban J connectivity index is 1.97. The molecule has 0 spiro atoms. The smallest absolute Gasteiger partial charge is 0.0130 e. The lowest BCUT2D eigenvalue weighted by Gasteiger charge is -2.13. The van der Waals surface area contributed by atoms with Gasteiger partial charge >= 0.3 is 0 Å². The standard InChI is InChI=1S/C21H19I/c1-15(2)20-5-3-4-6-21(20)18-9-7-16(8-10-18)17-11-13-19(22)14-12-17/h3-15H,1-2H3. The van der Waals surface area contributed by atoms with Crippen LogP contribution in [0.1, 0.15) is 25.3 Å². The van der Waals surface area contributed by atoms with Crippen LogP contribution in [-0.2, 0) is 0 Å². The van der Waals surface area contributed by atoms with Crippen molar-refractivity contribution in [2.24, 2.45) is 0 Å². The fourth-order valence-electron chi connectivity index (χ4n) is 2.75. The topological polar surface area (TPSA) is 0 Å². The molecule has 0 unspecified atom stereocenters. The highest BCUT2D eigenvalue weighted by Gasteiger charge is 2.08. The highest BCUT2D eigenvalue weighted by Crippen LogP contribution is 2.30. The van der Waals surface area contributed by atoms with Gasteiger partial charge in [0.25, 0.3) is 0 Å². The first-order valence-electron chi connectivity index (χ1n) is 7.60. The van der Waals surface area contributed by atoms with Crippen LogP contribution >= 0.6 is 22.6 Å². The Labute approximate surface area is 146 Å². The molecule has 22 heavy (non-hydrogen) atoms. The predicted octanol–water partition coefficient (Wildman–Crippen LogP) is 6.75. The largest absolute Gasteiger partial charge is 0.0619 e. The minimum absolute atomic E-state index is 0.534. The normalized spacial score (nSPS) is 10.9. The second kappa shape index (κ2) is 6.66. The molecule has 0 aromatic heterocycles. The number of hydrogen-bond acceptors (Lipinski definition) is 0. The Kier molecular flexibility index (Phi) is 4.63. The lowest BCUT2D eigenvalue weighted by molar-refractivity contribution is 0.869.